The highest BCUT2D eigenvalue weighted by atomic mass is 35.5. The molecule has 0 aliphatic heterocycles. The van der Waals surface area contributed by atoms with E-state index in [0.717, 1.165) is 5.56 Å². The Morgan fingerprint density at radius 3 is 2.48 bits per heavy atom. The molecular weight excluding hydrogens is 417 g/mol. The summed E-state index contributed by atoms with van der Waals surface area (Å²) in [6, 6.07) is 10.5. The van der Waals surface area contributed by atoms with E-state index in [2.05, 4.69) is 5.16 Å². The lowest BCUT2D eigenvalue weighted by Crippen LogP contribution is -2.29. The number of hydrogen-bond acceptors (Lipinski definition) is 5. The van der Waals surface area contributed by atoms with Crippen LogP contribution in [0.5, 0.6) is 5.75 Å². The molecular formula is C21H23Cl2NO5. The van der Waals surface area contributed by atoms with Crippen LogP contribution in [0.1, 0.15) is 30.5 Å². The van der Waals surface area contributed by atoms with Crippen molar-refractivity contribution in [3.8, 4) is 5.75 Å². The Labute approximate surface area is 180 Å². The Morgan fingerprint density at radius 2 is 1.90 bits per heavy atom. The average Bonchev–Trinajstić information content (AvgIpc) is 2.66. The van der Waals surface area contributed by atoms with Gasteiger partial charge in [-0.3, -0.25) is 0 Å². The predicted molar refractivity (Wildman–Crippen MR) is 113 cm³/mol. The lowest BCUT2D eigenvalue weighted by Gasteiger charge is -2.17. The van der Waals surface area contributed by atoms with E-state index in [1.54, 1.807) is 57.4 Å². The van der Waals surface area contributed by atoms with Gasteiger partial charge < -0.3 is 19.4 Å². The number of methoxy groups -OCH3 is 1. The topological polar surface area (TPSA) is 77.4 Å². The van der Waals surface area contributed by atoms with Gasteiger partial charge in [-0.1, -0.05) is 40.5 Å². The summed E-state index contributed by atoms with van der Waals surface area (Å²) < 4.78 is 10.8. The van der Waals surface area contributed by atoms with Crippen molar-refractivity contribution >= 4 is 35.4 Å². The molecule has 29 heavy (non-hydrogen) atoms. The molecule has 0 fully saturated rings. The summed E-state index contributed by atoms with van der Waals surface area (Å²) in [4.78, 5) is 16.8. The van der Waals surface area contributed by atoms with Crippen LogP contribution < -0.4 is 4.74 Å². The van der Waals surface area contributed by atoms with Crippen LogP contribution >= 0.6 is 23.2 Å². The standard InChI is InChI=1S/C21H23Cl2NO5/c1-13(2)29-20(21(25)26)10-14-7-8-19(27-3)15(9-14)11-24-28-12-16-17(22)5-4-6-18(16)23/h4-9,11,13,20H,10,12H2,1-3H3,(H,25,26)/b24-11+. The monoisotopic (exact) mass is 439 g/mol. The molecule has 0 saturated carbocycles. The van der Waals surface area contributed by atoms with Crippen molar-refractivity contribution in [2.24, 2.45) is 5.16 Å². The number of halogens is 2. The molecule has 2 aromatic rings. The molecule has 0 spiro atoms. The second kappa shape index (κ2) is 11.0. The molecule has 0 aliphatic rings. The fraction of sp³-hybridized carbons (Fsp3) is 0.333. The van der Waals surface area contributed by atoms with E-state index in [1.807, 2.05) is 0 Å². The fourth-order valence-corrected chi connectivity index (χ4v) is 3.12. The van der Waals surface area contributed by atoms with Gasteiger partial charge in [0.15, 0.2) is 6.10 Å². The molecule has 8 heteroatoms. The van der Waals surface area contributed by atoms with Crippen molar-refractivity contribution in [1.29, 1.82) is 0 Å². The molecule has 0 aliphatic carbocycles. The first-order valence-electron chi connectivity index (χ1n) is 8.95. The number of ether oxygens (including phenoxy) is 2. The first kappa shape index (κ1) is 23.0. The number of aliphatic carboxylic acids is 1. The van der Waals surface area contributed by atoms with Crippen LogP contribution in [0, 0.1) is 0 Å². The van der Waals surface area contributed by atoms with Crippen molar-refractivity contribution in [3.05, 3.63) is 63.1 Å². The maximum absolute atomic E-state index is 11.4. The highest BCUT2D eigenvalue weighted by molar-refractivity contribution is 6.35. The van der Waals surface area contributed by atoms with Gasteiger partial charge in [0.25, 0.3) is 0 Å². The summed E-state index contributed by atoms with van der Waals surface area (Å²) in [5, 5.41) is 14.3. The molecule has 156 valence electrons. The van der Waals surface area contributed by atoms with Crippen LogP contribution in [-0.2, 0) is 27.4 Å². The molecule has 1 atom stereocenters. The number of nitrogens with zero attached hydrogens (tertiary/aromatic N) is 1. The van der Waals surface area contributed by atoms with Crippen LogP contribution in [-0.4, -0.2) is 36.6 Å². The third-order valence-electron chi connectivity index (χ3n) is 3.96. The summed E-state index contributed by atoms with van der Waals surface area (Å²) in [5.41, 5.74) is 2.06. The zero-order valence-corrected chi connectivity index (χ0v) is 17.9. The second-order valence-electron chi connectivity index (χ2n) is 6.50. The van der Waals surface area contributed by atoms with Gasteiger partial charge in [-0.15, -0.1) is 0 Å². The van der Waals surface area contributed by atoms with Gasteiger partial charge in [-0.2, -0.15) is 0 Å². The van der Waals surface area contributed by atoms with Gasteiger partial charge in [-0.25, -0.2) is 4.79 Å². The smallest absolute Gasteiger partial charge is 0.333 e. The summed E-state index contributed by atoms with van der Waals surface area (Å²) in [7, 11) is 1.54. The summed E-state index contributed by atoms with van der Waals surface area (Å²) in [5.74, 6) is -0.432. The Kier molecular flexibility index (Phi) is 8.76. The van der Waals surface area contributed by atoms with Gasteiger partial charge in [0.05, 0.1) is 19.4 Å². The van der Waals surface area contributed by atoms with Gasteiger partial charge in [-0.05, 0) is 43.7 Å². The van der Waals surface area contributed by atoms with E-state index in [1.165, 1.54) is 6.21 Å². The van der Waals surface area contributed by atoms with Crippen molar-refractivity contribution < 1.29 is 24.2 Å². The van der Waals surface area contributed by atoms with E-state index < -0.39 is 12.1 Å². The number of oxime groups is 1. The Hall–Kier alpha value is -2.28. The predicted octanol–water partition coefficient (Wildman–Crippen LogP) is 4.97. The molecule has 2 aromatic carbocycles. The van der Waals surface area contributed by atoms with E-state index in [4.69, 9.17) is 37.5 Å². The number of benzene rings is 2. The van der Waals surface area contributed by atoms with E-state index >= 15 is 0 Å². The molecule has 0 aromatic heterocycles. The van der Waals surface area contributed by atoms with Crippen molar-refractivity contribution in [2.45, 2.75) is 39.1 Å². The van der Waals surface area contributed by atoms with Gasteiger partial charge in [0, 0.05) is 27.6 Å². The minimum absolute atomic E-state index is 0.111. The number of rotatable bonds is 10. The molecule has 6 nitrogen and oxygen atoms in total. The maximum atomic E-state index is 11.4. The van der Waals surface area contributed by atoms with Crippen LogP contribution in [0.2, 0.25) is 10.0 Å². The molecule has 2 rings (SSSR count). The number of carboxylic acids is 1. The summed E-state index contributed by atoms with van der Waals surface area (Å²) in [6.07, 6.45) is 0.577. The van der Waals surface area contributed by atoms with Gasteiger partial charge in [0.2, 0.25) is 0 Å². The maximum Gasteiger partial charge on any atom is 0.333 e. The third kappa shape index (κ3) is 6.92. The van der Waals surface area contributed by atoms with Crippen molar-refractivity contribution in [1.82, 2.24) is 0 Å². The second-order valence-corrected chi connectivity index (χ2v) is 7.31. The average molecular weight is 440 g/mol. The molecule has 0 radical (unpaired) electrons. The van der Waals surface area contributed by atoms with E-state index in [9.17, 15) is 9.90 Å². The first-order valence-corrected chi connectivity index (χ1v) is 9.70. The van der Waals surface area contributed by atoms with Crippen LogP contribution in [0.25, 0.3) is 0 Å². The molecule has 0 bridgehead atoms. The Balaban J connectivity index is 2.11. The highest BCUT2D eigenvalue weighted by Gasteiger charge is 2.20. The van der Waals surface area contributed by atoms with E-state index in [0.29, 0.717) is 26.9 Å². The zero-order chi connectivity index (χ0) is 21.4. The normalized spacial score (nSPS) is 12.3. The quantitative estimate of drug-likeness (QED) is 0.417. The Morgan fingerprint density at radius 1 is 1.21 bits per heavy atom. The van der Waals surface area contributed by atoms with Crippen molar-refractivity contribution in [2.75, 3.05) is 7.11 Å². The van der Waals surface area contributed by atoms with Crippen molar-refractivity contribution in [3.63, 3.8) is 0 Å². The first-order chi connectivity index (χ1) is 13.8. The number of carbonyl (C=O) groups is 1. The number of carboxylic acid groups (broad SMARTS) is 1. The number of hydrogen-bond donors (Lipinski definition) is 1. The lowest BCUT2D eigenvalue weighted by atomic mass is 10.0. The fourth-order valence-electron chi connectivity index (χ4n) is 2.61. The lowest BCUT2D eigenvalue weighted by molar-refractivity contribution is -0.153. The highest BCUT2D eigenvalue weighted by Crippen LogP contribution is 2.25. The van der Waals surface area contributed by atoms with Crippen LogP contribution in [0.15, 0.2) is 41.6 Å². The largest absolute Gasteiger partial charge is 0.496 e. The van der Waals surface area contributed by atoms with Crippen LogP contribution in [0.4, 0.5) is 0 Å². The molecule has 1 N–H and O–H groups in total. The zero-order valence-electron chi connectivity index (χ0n) is 16.4. The van der Waals surface area contributed by atoms with Gasteiger partial charge in [0.1, 0.15) is 12.4 Å². The minimum atomic E-state index is -1.01. The SMILES string of the molecule is COc1ccc(CC(OC(C)C)C(=O)O)cc1/C=N/OCc1c(Cl)cccc1Cl. The molecule has 0 heterocycles. The van der Waals surface area contributed by atoms with E-state index in [-0.39, 0.29) is 19.1 Å². The third-order valence-corrected chi connectivity index (χ3v) is 4.67. The van der Waals surface area contributed by atoms with Gasteiger partial charge >= 0.3 is 5.97 Å². The Bertz CT molecular complexity index is 850. The van der Waals surface area contributed by atoms with Crippen LogP contribution in [0.3, 0.4) is 0 Å². The summed E-state index contributed by atoms with van der Waals surface area (Å²) >= 11 is 12.2. The molecule has 1 unspecified atom stereocenters. The minimum Gasteiger partial charge on any atom is -0.496 e. The molecule has 0 amide bonds. The molecule has 0 saturated heterocycles. The summed E-state index contributed by atoms with van der Waals surface area (Å²) in [6.45, 7) is 3.70.